The minimum absolute atomic E-state index is 0.130. The van der Waals surface area contributed by atoms with E-state index in [-0.39, 0.29) is 10.8 Å². The molecule has 2 heteroatoms. The van der Waals surface area contributed by atoms with Gasteiger partial charge in [0.2, 0.25) is 0 Å². The molecule has 2 nitrogen and oxygen atoms in total. The predicted molar refractivity (Wildman–Crippen MR) is 63.1 cm³/mol. The third kappa shape index (κ3) is 1.44. The Morgan fingerprint density at radius 1 is 1.25 bits per heavy atom. The largest absolute Gasteiger partial charge is 0.379 e. The first-order chi connectivity index (χ1) is 7.52. The molecule has 0 unspecified atom stereocenters. The van der Waals surface area contributed by atoms with Crippen LogP contribution >= 0.6 is 0 Å². The number of nitrogens with zero attached hydrogens (tertiary/aromatic N) is 1. The van der Waals surface area contributed by atoms with Crippen LogP contribution in [0, 0.1) is 23.7 Å². The van der Waals surface area contributed by atoms with Crippen molar-refractivity contribution in [2.75, 3.05) is 13.2 Å². The van der Waals surface area contributed by atoms with Crippen molar-refractivity contribution in [3.63, 3.8) is 0 Å². The molecule has 0 aromatic heterocycles. The highest BCUT2D eigenvalue weighted by atomic mass is 16.5. The van der Waals surface area contributed by atoms with Crippen LogP contribution in [0.3, 0.4) is 0 Å². The zero-order valence-electron chi connectivity index (χ0n) is 10.1. The topological polar surface area (TPSA) is 33.0 Å². The maximum Gasteiger partial charge on any atom is 0.0695 e. The fourth-order valence-electron chi connectivity index (χ4n) is 2.17. The lowest BCUT2D eigenvalue weighted by Gasteiger charge is -2.49. The lowest BCUT2D eigenvalue weighted by molar-refractivity contribution is -0.102. The van der Waals surface area contributed by atoms with Gasteiger partial charge in [-0.05, 0) is 26.3 Å². The molecule has 1 aliphatic rings. The quantitative estimate of drug-likeness (QED) is 0.760. The van der Waals surface area contributed by atoms with E-state index in [2.05, 4.69) is 37.3 Å². The third-order valence-electron chi connectivity index (χ3n) is 3.78. The smallest absolute Gasteiger partial charge is 0.0695 e. The number of rotatable bonds is 2. The van der Waals surface area contributed by atoms with Gasteiger partial charge in [0.25, 0.3) is 0 Å². The van der Waals surface area contributed by atoms with Gasteiger partial charge in [-0.15, -0.1) is 0 Å². The van der Waals surface area contributed by atoms with Crippen LogP contribution in [0.1, 0.15) is 25.0 Å². The lowest BCUT2D eigenvalue weighted by Crippen LogP contribution is -2.56. The summed E-state index contributed by atoms with van der Waals surface area (Å²) < 4.78 is 5.36. The van der Waals surface area contributed by atoms with Crippen LogP contribution in [0.5, 0.6) is 0 Å². The summed E-state index contributed by atoms with van der Waals surface area (Å²) in [7, 11) is 0. The molecule has 84 valence electrons. The van der Waals surface area contributed by atoms with Gasteiger partial charge in [-0.1, -0.05) is 29.8 Å². The van der Waals surface area contributed by atoms with Crippen molar-refractivity contribution in [1.29, 1.82) is 5.26 Å². The third-order valence-corrected chi connectivity index (χ3v) is 3.78. The number of ether oxygens (including phenoxy) is 1. The number of hydrogen-bond donors (Lipinski definition) is 0. The maximum atomic E-state index is 9.31. The van der Waals surface area contributed by atoms with Crippen LogP contribution in [0.4, 0.5) is 0 Å². The summed E-state index contributed by atoms with van der Waals surface area (Å²) in [4.78, 5) is 0. The van der Waals surface area contributed by atoms with Crippen molar-refractivity contribution in [2.24, 2.45) is 5.41 Å². The van der Waals surface area contributed by atoms with E-state index in [1.165, 1.54) is 11.1 Å². The van der Waals surface area contributed by atoms with Gasteiger partial charge in [-0.2, -0.15) is 5.26 Å². The highest BCUT2D eigenvalue weighted by molar-refractivity contribution is 5.35. The van der Waals surface area contributed by atoms with Crippen LogP contribution in [0.15, 0.2) is 24.3 Å². The first-order valence-electron chi connectivity index (χ1n) is 5.58. The molecule has 1 aromatic rings. The molecule has 16 heavy (non-hydrogen) atoms. The van der Waals surface area contributed by atoms with E-state index in [9.17, 15) is 5.26 Å². The molecule has 0 saturated carbocycles. The van der Waals surface area contributed by atoms with Crippen LogP contribution in [-0.2, 0) is 10.2 Å². The zero-order valence-corrected chi connectivity index (χ0v) is 10.1. The number of hydrogen-bond acceptors (Lipinski definition) is 2. The molecule has 1 saturated heterocycles. The standard InChI is InChI=1S/C14H17NO/c1-11-4-6-12(7-5-11)14(9-16-10-14)13(2,3)8-15/h4-7H,9-10H2,1-3H3. The number of benzene rings is 1. The Balaban J connectivity index is 2.44. The molecule has 0 N–H and O–H groups in total. The molecule has 1 heterocycles. The Bertz CT molecular complexity index is 421. The van der Waals surface area contributed by atoms with Crippen LogP contribution in [-0.4, -0.2) is 13.2 Å². The van der Waals surface area contributed by atoms with E-state index >= 15 is 0 Å². The van der Waals surface area contributed by atoms with Crippen molar-refractivity contribution >= 4 is 0 Å². The monoisotopic (exact) mass is 215 g/mol. The number of aryl methyl sites for hydroxylation is 1. The summed E-state index contributed by atoms with van der Waals surface area (Å²) in [5, 5.41) is 9.31. The molecule has 0 spiro atoms. The van der Waals surface area contributed by atoms with E-state index in [1.54, 1.807) is 0 Å². The summed E-state index contributed by atoms with van der Waals surface area (Å²) in [5.41, 5.74) is 1.94. The van der Waals surface area contributed by atoms with Crippen LogP contribution in [0.2, 0.25) is 0 Å². The predicted octanol–water partition coefficient (Wildman–Crippen LogP) is 2.81. The van der Waals surface area contributed by atoms with Gasteiger partial charge in [0.15, 0.2) is 0 Å². The average Bonchev–Trinajstić information content (AvgIpc) is 2.19. The van der Waals surface area contributed by atoms with Gasteiger partial charge in [-0.25, -0.2) is 0 Å². The summed E-state index contributed by atoms with van der Waals surface area (Å²) in [6, 6.07) is 10.9. The van der Waals surface area contributed by atoms with Crippen molar-refractivity contribution in [1.82, 2.24) is 0 Å². The fraction of sp³-hybridized carbons (Fsp3) is 0.500. The first kappa shape index (κ1) is 11.2. The summed E-state index contributed by atoms with van der Waals surface area (Å²) in [6.45, 7) is 7.36. The zero-order chi connectivity index (χ0) is 11.8. The molecule has 0 amide bonds. The van der Waals surface area contributed by atoms with Crippen molar-refractivity contribution < 1.29 is 4.74 Å². The highest BCUT2D eigenvalue weighted by Crippen LogP contribution is 2.46. The van der Waals surface area contributed by atoms with Crippen molar-refractivity contribution in [3.05, 3.63) is 35.4 Å². The van der Waals surface area contributed by atoms with E-state index in [0.717, 1.165) is 0 Å². The lowest BCUT2D eigenvalue weighted by atomic mass is 9.61. The molecule has 0 atom stereocenters. The molecule has 1 aromatic carbocycles. The van der Waals surface area contributed by atoms with Gasteiger partial charge in [0.05, 0.1) is 30.1 Å². The second kappa shape index (κ2) is 3.61. The highest BCUT2D eigenvalue weighted by Gasteiger charge is 2.52. The molecular weight excluding hydrogens is 198 g/mol. The summed E-state index contributed by atoms with van der Waals surface area (Å²) in [5.74, 6) is 0. The van der Waals surface area contributed by atoms with Crippen LogP contribution < -0.4 is 0 Å². The normalized spacial score (nSPS) is 18.6. The maximum absolute atomic E-state index is 9.31. The Morgan fingerprint density at radius 2 is 1.81 bits per heavy atom. The van der Waals surface area contributed by atoms with Gasteiger partial charge >= 0.3 is 0 Å². The summed E-state index contributed by atoms with van der Waals surface area (Å²) in [6.07, 6.45) is 0. The van der Waals surface area contributed by atoms with E-state index in [4.69, 9.17) is 4.74 Å². The van der Waals surface area contributed by atoms with Gasteiger partial charge < -0.3 is 4.74 Å². The van der Waals surface area contributed by atoms with Crippen LogP contribution in [0.25, 0.3) is 0 Å². The van der Waals surface area contributed by atoms with E-state index < -0.39 is 0 Å². The SMILES string of the molecule is Cc1ccc(C2(C(C)(C)C#N)COC2)cc1. The Kier molecular flexibility index (Phi) is 2.52. The Hall–Kier alpha value is -1.33. The second-order valence-corrected chi connectivity index (χ2v) is 5.18. The second-order valence-electron chi connectivity index (χ2n) is 5.18. The van der Waals surface area contributed by atoms with Gasteiger partial charge in [0, 0.05) is 0 Å². The molecule has 0 bridgehead atoms. The van der Waals surface area contributed by atoms with Crippen molar-refractivity contribution in [3.8, 4) is 6.07 Å². The molecule has 0 radical (unpaired) electrons. The van der Waals surface area contributed by atoms with E-state index in [1.807, 2.05) is 13.8 Å². The molecule has 0 aliphatic carbocycles. The molecule has 2 rings (SSSR count). The summed E-state index contributed by atoms with van der Waals surface area (Å²) >= 11 is 0. The van der Waals surface area contributed by atoms with E-state index in [0.29, 0.717) is 13.2 Å². The minimum Gasteiger partial charge on any atom is -0.379 e. The molecular formula is C14H17NO. The minimum atomic E-state index is -0.388. The Morgan fingerprint density at radius 3 is 2.19 bits per heavy atom. The van der Waals surface area contributed by atoms with Crippen molar-refractivity contribution in [2.45, 2.75) is 26.2 Å². The molecule has 1 fully saturated rings. The average molecular weight is 215 g/mol. The Labute approximate surface area is 96.9 Å². The first-order valence-corrected chi connectivity index (χ1v) is 5.58. The van der Waals surface area contributed by atoms with Gasteiger partial charge in [-0.3, -0.25) is 0 Å². The fourth-order valence-corrected chi connectivity index (χ4v) is 2.17. The van der Waals surface area contributed by atoms with Gasteiger partial charge in [0.1, 0.15) is 0 Å². The number of nitriles is 1. The molecule has 1 aliphatic heterocycles.